The summed E-state index contributed by atoms with van der Waals surface area (Å²) < 4.78 is 34.3. The SMILES string of the molecule is Cn1c(O)c(N=Nc2ccc([N+](=O)[O-])cc2S(=O)(=O)N2CCOCC2)c2ccccc21. The fraction of sp³-hybridized carbons (Fsp3) is 0.263. The number of morpholine rings is 1. The maximum atomic E-state index is 13.2. The Morgan fingerprint density at radius 2 is 1.84 bits per heavy atom. The summed E-state index contributed by atoms with van der Waals surface area (Å²) in [7, 11) is -2.41. The molecule has 1 fully saturated rings. The van der Waals surface area contributed by atoms with Crippen LogP contribution in [0.15, 0.2) is 57.6 Å². The molecular weight excluding hydrogens is 426 g/mol. The zero-order valence-electron chi connectivity index (χ0n) is 16.5. The zero-order chi connectivity index (χ0) is 22.2. The molecule has 1 saturated heterocycles. The molecule has 1 aliphatic rings. The lowest BCUT2D eigenvalue weighted by Gasteiger charge is -2.26. The summed E-state index contributed by atoms with van der Waals surface area (Å²) in [6.07, 6.45) is 0. The van der Waals surface area contributed by atoms with E-state index in [0.717, 1.165) is 17.6 Å². The van der Waals surface area contributed by atoms with E-state index in [9.17, 15) is 23.6 Å². The van der Waals surface area contributed by atoms with Crippen molar-refractivity contribution in [3.8, 4) is 5.88 Å². The molecule has 0 atom stereocenters. The highest BCUT2D eigenvalue weighted by Gasteiger charge is 2.30. The van der Waals surface area contributed by atoms with E-state index >= 15 is 0 Å². The molecule has 3 aromatic rings. The molecule has 0 radical (unpaired) electrons. The summed E-state index contributed by atoms with van der Waals surface area (Å²) in [4.78, 5) is 10.2. The molecule has 0 aliphatic carbocycles. The van der Waals surface area contributed by atoms with Gasteiger partial charge in [0.15, 0.2) is 5.69 Å². The van der Waals surface area contributed by atoms with Crippen LogP contribution in [-0.2, 0) is 21.8 Å². The van der Waals surface area contributed by atoms with Crippen molar-refractivity contribution < 1.29 is 23.2 Å². The first kappa shape index (κ1) is 20.9. The van der Waals surface area contributed by atoms with Crippen molar-refractivity contribution in [3.63, 3.8) is 0 Å². The highest BCUT2D eigenvalue weighted by Crippen LogP contribution is 2.39. The van der Waals surface area contributed by atoms with Crippen LogP contribution in [0.5, 0.6) is 5.88 Å². The molecule has 2 aromatic carbocycles. The van der Waals surface area contributed by atoms with Crippen LogP contribution in [0.3, 0.4) is 0 Å². The number of sulfonamides is 1. The highest BCUT2D eigenvalue weighted by molar-refractivity contribution is 7.89. The topological polar surface area (TPSA) is 140 Å². The van der Waals surface area contributed by atoms with Gasteiger partial charge in [0.2, 0.25) is 15.9 Å². The van der Waals surface area contributed by atoms with Gasteiger partial charge in [0.25, 0.3) is 5.69 Å². The third-order valence-electron chi connectivity index (χ3n) is 5.05. The summed E-state index contributed by atoms with van der Waals surface area (Å²) in [6.45, 7) is 0.723. The van der Waals surface area contributed by atoms with E-state index in [1.165, 1.54) is 14.9 Å². The number of para-hydroxylation sites is 1. The normalized spacial score (nSPS) is 15.6. The number of aromatic nitrogens is 1. The third kappa shape index (κ3) is 3.76. The van der Waals surface area contributed by atoms with Gasteiger partial charge in [-0.15, -0.1) is 10.2 Å². The summed E-state index contributed by atoms with van der Waals surface area (Å²) in [5, 5.41) is 30.4. The Bertz CT molecular complexity index is 1290. The molecule has 0 unspecified atom stereocenters. The van der Waals surface area contributed by atoms with Crippen molar-refractivity contribution >= 4 is 38.0 Å². The van der Waals surface area contributed by atoms with Crippen LogP contribution in [0.2, 0.25) is 0 Å². The van der Waals surface area contributed by atoms with Gasteiger partial charge in [0, 0.05) is 37.7 Å². The van der Waals surface area contributed by atoms with Gasteiger partial charge in [-0.05, 0) is 12.1 Å². The summed E-state index contributed by atoms with van der Waals surface area (Å²) in [5.41, 5.74) is 0.452. The van der Waals surface area contributed by atoms with E-state index in [0.29, 0.717) is 5.39 Å². The molecular formula is C19H19N5O6S. The predicted octanol–water partition coefficient (Wildman–Crippen LogP) is 3.23. The van der Waals surface area contributed by atoms with E-state index in [2.05, 4.69) is 10.2 Å². The van der Waals surface area contributed by atoms with Gasteiger partial charge in [-0.3, -0.25) is 10.1 Å². The summed E-state index contributed by atoms with van der Waals surface area (Å²) in [5.74, 6) is -0.135. The molecule has 4 rings (SSSR count). The zero-order valence-corrected chi connectivity index (χ0v) is 17.3. The van der Waals surface area contributed by atoms with E-state index in [-0.39, 0.29) is 54.1 Å². The fourth-order valence-corrected chi connectivity index (χ4v) is 4.94. The Balaban J connectivity index is 1.82. The van der Waals surface area contributed by atoms with Gasteiger partial charge in [-0.2, -0.15) is 4.31 Å². The Labute approximate surface area is 177 Å². The molecule has 2 heterocycles. The van der Waals surface area contributed by atoms with Crippen molar-refractivity contribution in [2.24, 2.45) is 17.3 Å². The van der Waals surface area contributed by atoms with Crippen LogP contribution < -0.4 is 0 Å². The predicted molar refractivity (Wildman–Crippen MR) is 111 cm³/mol. The lowest BCUT2D eigenvalue weighted by molar-refractivity contribution is -0.385. The summed E-state index contributed by atoms with van der Waals surface area (Å²) >= 11 is 0. The Hall–Kier alpha value is -3.35. The van der Waals surface area contributed by atoms with Gasteiger partial charge >= 0.3 is 0 Å². The number of hydrogen-bond acceptors (Lipinski definition) is 8. The molecule has 0 saturated carbocycles. The highest BCUT2D eigenvalue weighted by atomic mass is 32.2. The molecule has 11 nitrogen and oxygen atoms in total. The van der Waals surface area contributed by atoms with Gasteiger partial charge in [-0.25, -0.2) is 8.42 Å². The quantitative estimate of drug-likeness (QED) is 0.363. The number of hydrogen-bond donors (Lipinski definition) is 1. The molecule has 12 heteroatoms. The largest absolute Gasteiger partial charge is 0.493 e. The number of azo groups is 1. The molecule has 1 N–H and O–H groups in total. The molecule has 0 bridgehead atoms. The number of nitro groups is 1. The average Bonchev–Trinajstić information content (AvgIpc) is 3.02. The van der Waals surface area contributed by atoms with Crippen LogP contribution in [0.1, 0.15) is 0 Å². The van der Waals surface area contributed by atoms with Gasteiger partial charge in [0.1, 0.15) is 10.6 Å². The summed E-state index contributed by atoms with van der Waals surface area (Å²) in [6, 6.07) is 10.5. The molecule has 1 aliphatic heterocycles. The lowest BCUT2D eigenvalue weighted by atomic mass is 10.2. The Morgan fingerprint density at radius 1 is 1.13 bits per heavy atom. The minimum absolute atomic E-state index is 0.0653. The number of fused-ring (bicyclic) bond motifs is 1. The fourth-order valence-electron chi connectivity index (χ4n) is 3.39. The van der Waals surface area contributed by atoms with Crippen molar-refractivity contribution in [1.29, 1.82) is 0 Å². The lowest BCUT2D eigenvalue weighted by Crippen LogP contribution is -2.40. The standard InChI is InChI=1S/C19H19N5O6S/c1-22-16-5-3-2-4-14(16)18(19(22)25)21-20-15-7-6-13(24(26)27)12-17(15)31(28,29)23-8-10-30-11-9-23/h2-7,12,25H,8-11H2,1H3. The Morgan fingerprint density at radius 3 is 2.55 bits per heavy atom. The molecule has 0 amide bonds. The Kier molecular flexibility index (Phi) is 5.43. The number of nitrogens with zero attached hydrogens (tertiary/aromatic N) is 5. The first-order valence-electron chi connectivity index (χ1n) is 9.35. The van der Waals surface area contributed by atoms with Gasteiger partial charge in [-0.1, -0.05) is 18.2 Å². The van der Waals surface area contributed by atoms with Crippen LogP contribution >= 0.6 is 0 Å². The van der Waals surface area contributed by atoms with E-state index in [1.54, 1.807) is 25.2 Å². The smallest absolute Gasteiger partial charge is 0.270 e. The van der Waals surface area contributed by atoms with Crippen molar-refractivity contribution in [1.82, 2.24) is 8.87 Å². The third-order valence-corrected chi connectivity index (χ3v) is 6.98. The van der Waals surface area contributed by atoms with Crippen LogP contribution in [0, 0.1) is 10.1 Å². The van der Waals surface area contributed by atoms with Gasteiger partial charge in [0.05, 0.1) is 23.7 Å². The van der Waals surface area contributed by atoms with Crippen LogP contribution in [0.25, 0.3) is 10.9 Å². The number of ether oxygens (including phenoxy) is 1. The first-order valence-corrected chi connectivity index (χ1v) is 10.8. The van der Waals surface area contributed by atoms with E-state index in [1.807, 2.05) is 6.07 Å². The number of benzene rings is 2. The molecule has 162 valence electrons. The second-order valence-electron chi connectivity index (χ2n) is 6.87. The number of rotatable bonds is 5. The molecule has 1 aromatic heterocycles. The minimum Gasteiger partial charge on any atom is -0.493 e. The minimum atomic E-state index is -4.07. The number of non-ortho nitro benzene ring substituents is 1. The van der Waals surface area contributed by atoms with Gasteiger partial charge < -0.3 is 14.4 Å². The van der Waals surface area contributed by atoms with Crippen molar-refractivity contribution in [3.05, 3.63) is 52.6 Å². The van der Waals surface area contributed by atoms with Crippen LogP contribution in [-0.4, -0.2) is 53.6 Å². The van der Waals surface area contributed by atoms with Crippen LogP contribution in [0.4, 0.5) is 17.1 Å². The number of aromatic hydroxyl groups is 1. The molecule has 0 spiro atoms. The second kappa shape index (κ2) is 8.06. The van der Waals surface area contributed by atoms with E-state index < -0.39 is 14.9 Å². The van der Waals surface area contributed by atoms with Crippen molar-refractivity contribution in [2.45, 2.75) is 4.90 Å². The van der Waals surface area contributed by atoms with Crippen molar-refractivity contribution in [2.75, 3.05) is 26.3 Å². The molecule has 31 heavy (non-hydrogen) atoms. The second-order valence-corrected chi connectivity index (χ2v) is 8.78. The first-order chi connectivity index (χ1) is 14.8. The van der Waals surface area contributed by atoms with E-state index in [4.69, 9.17) is 4.74 Å². The number of aryl methyl sites for hydroxylation is 1. The maximum absolute atomic E-state index is 13.2. The number of nitro benzene ring substituents is 1. The average molecular weight is 445 g/mol. The maximum Gasteiger partial charge on any atom is 0.270 e. The monoisotopic (exact) mass is 445 g/mol.